The molecule has 0 aromatic heterocycles. The first-order valence-corrected chi connectivity index (χ1v) is 8.53. The second-order valence-corrected chi connectivity index (χ2v) is 7.00. The van der Waals surface area contributed by atoms with Crippen LogP contribution in [0, 0.1) is 11.3 Å². The molecular formula is C19H25NO3. The zero-order chi connectivity index (χ0) is 16.4. The van der Waals surface area contributed by atoms with Gasteiger partial charge in [-0.25, -0.2) is 0 Å². The van der Waals surface area contributed by atoms with Crippen LogP contribution < -0.4 is 4.74 Å². The SMILES string of the molecule is CCCCC(=O)CC12CC1CN(C(=O)c1ccc(OC)cc1)C2. The summed E-state index contributed by atoms with van der Waals surface area (Å²) in [4.78, 5) is 26.6. The van der Waals surface area contributed by atoms with E-state index in [0.29, 0.717) is 30.1 Å². The third-order valence-electron chi connectivity index (χ3n) is 5.29. The number of unbranched alkanes of at least 4 members (excludes halogenated alkanes) is 1. The van der Waals surface area contributed by atoms with E-state index < -0.39 is 0 Å². The van der Waals surface area contributed by atoms with Gasteiger partial charge in [0.05, 0.1) is 7.11 Å². The molecule has 1 aliphatic heterocycles. The molecule has 1 aromatic carbocycles. The highest BCUT2D eigenvalue weighted by atomic mass is 16.5. The Morgan fingerprint density at radius 2 is 2.04 bits per heavy atom. The van der Waals surface area contributed by atoms with E-state index in [1.165, 1.54) is 0 Å². The molecule has 2 fully saturated rings. The van der Waals surface area contributed by atoms with Crippen LogP contribution in [0.2, 0.25) is 0 Å². The third kappa shape index (κ3) is 3.26. The third-order valence-corrected chi connectivity index (χ3v) is 5.29. The number of likely N-dealkylation sites (tertiary alicyclic amines) is 1. The van der Waals surface area contributed by atoms with Gasteiger partial charge >= 0.3 is 0 Å². The van der Waals surface area contributed by atoms with Gasteiger partial charge in [0, 0.05) is 31.5 Å². The number of Topliss-reactive ketones (excluding diaryl/α,β-unsaturated/α-hetero) is 1. The van der Waals surface area contributed by atoms with Crippen molar-refractivity contribution in [3.05, 3.63) is 29.8 Å². The number of ether oxygens (including phenoxy) is 1. The number of carbonyl (C=O) groups is 2. The van der Waals surface area contributed by atoms with Gasteiger partial charge in [-0.2, -0.15) is 0 Å². The van der Waals surface area contributed by atoms with E-state index >= 15 is 0 Å². The Bertz CT molecular complexity index is 595. The van der Waals surface area contributed by atoms with Crippen LogP contribution in [0.1, 0.15) is 49.4 Å². The second-order valence-electron chi connectivity index (χ2n) is 7.00. The minimum Gasteiger partial charge on any atom is -0.497 e. The fraction of sp³-hybridized carbons (Fsp3) is 0.579. The molecule has 0 spiro atoms. The van der Waals surface area contributed by atoms with Crippen LogP contribution in [-0.2, 0) is 4.79 Å². The molecule has 23 heavy (non-hydrogen) atoms. The van der Waals surface area contributed by atoms with Gasteiger partial charge in [-0.3, -0.25) is 9.59 Å². The lowest BCUT2D eigenvalue weighted by Crippen LogP contribution is -2.32. The zero-order valence-electron chi connectivity index (χ0n) is 14.0. The molecule has 124 valence electrons. The summed E-state index contributed by atoms with van der Waals surface area (Å²) < 4.78 is 5.13. The van der Waals surface area contributed by atoms with Crippen LogP contribution in [0.4, 0.5) is 0 Å². The first-order valence-electron chi connectivity index (χ1n) is 8.53. The number of piperidine rings is 1. The van der Waals surface area contributed by atoms with Crippen LogP contribution in [0.3, 0.4) is 0 Å². The van der Waals surface area contributed by atoms with Crippen molar-refractivity contribution < 1.29 is 14.3 Å². The monoisotopic (exact) mass is 315 g/mol. The van der Waals surface area contributed by atoms with E-state index in [-0.39, 0.29) is 11.3 Å². The summed E-state index contributed by atoms with van der Waals surface area (Å²) in [5.41, 5.74) is 0.784. The van der Waals surface area contributed by atoms with E-state index in [4.69, 9.17) is 4.74 Å². The minimum atomic E-state index is 0.0697. The van der Waals surface area contributed by atoms with Crippen LogP contribution in [0.15, 0.2) is 24.3 Å². The molecule has 1 amide bonds. The number of nitrogens with zero attached hydrogens (tertiary/aromatic N) is 1. The minimum absolute atomic E-state index is 0.0697. The molecule has 0 bridgehead atoms. The van der Waals surface area contributed by atoms with E-state index in [1.54, 1.807) is 7.11 Å². The molecule has 1 saturated carbocycles. The Labute approximate surface area is 137 Å². The van der Waals surface area contributed by atoms with Crippen LogP contribution in [0.5, 0.6) is 5.75 Å². The van der Waals surface area contributed by atoms with Crippen molar-refractivity contribution in [2.45, 2.75) is 39.0 Å². The summed E-state index contributed by atoms with van der Waals surface area (Å²) in [5, 5.41) is 0. The number of amides is 1. The number of ketones is 1. The highest BCUT2D eigenvalue weighted by Gasteiger charge is 2.61. The van der Waals surface area contributed by atoms with Gasteiger partial charge < -0.3 is 9.64 Å². The van der Waals surface area contributed by atoms with Gasteiger partial charge in [0.15, 0.2) is 0 Å². The molecule has 1 heterocycles. The summed E-state index contributed by atoms with van der Waals surface area (Å²) in [5.74, 6) is 1.72. The predicted octanol–water partition coefficient (Wildman–Crippen LogP) is 3.31. The Kier molecular flexibility index (Phi) is 4.42. The first kappa shape index (κ1) is 16.0. The summed E-state index contributed by atoms with van der Waals surface area (Å²) >= 11 is 0. The van der Waals surface area contributed by atoms with E-state index in [0.717, 1.165) is 38.1 Å². The molecule has 1 aliphatic carbocycles. The standard InChI is InChI=1S/C19H25NO3/c1-3-4-5-16(21)11-19-10-15(19)12-20(13-19)18(22)14-6-8-17(23-2)9-7-14/h6-9,15H,3-5,10-13H2,1-2H3. The van der Waals surface area contributed by atoms with Crippen molar-refractivity contribution in [1.82, 2.24) is 4.90 Å². The number of carbonyl (C=O) groups excluding carboxylic acids is 2. The molecule has 0 radical (unpaired) electrons. The zero-order valence-corrected chi connectivity index (χ0v) is 14.0. The molecule has 2 unspecified atom stereocenters. The van der Waals surface area contributed by atoms with Gasteiger partial charge in [0.1, 0.15) is 11.5 Å². The summed E-state index contributed by atoms with van der Waals surface area (Å²) in [6, 6.07) is 7.25. The van der Waals surface area contributed by atoms with Crippen molar-refractivity contribution >= 4 is 11.7 Å². The molecule has 1 aromatic rings. The van der Waals surface area contributed by atoms with Crippen LogP contribution in [0.25, 0.3) is 0 Å². The predicted molar refractivity (Wildman–Crippen MR) is 88.6 cm³/mol. The largest absolute Gasteiger partial charge is 0.497 e. The fourth-order valence-corrected chi connectivity index (χ4v) is 3.79. The normalized spacial score (nSPS) is 25.1. The molecule has 4 nitrogen and oxygen atoms in total. The number of fused-ring (bicyclic) bond motifs is 1. The Morgan fingerprint density at radius 3 is 2.70 bits per heavy atom. The van der Waals surface area contributed by atoms with E-state index in [2.05, 4.69) is 6.92 Å². The maximum atomic E-state index is 12.6. The number of rotatable bonds is 7. The Morgan fingerprint density at radius 1 is 1.30 bits per heavy atom. The molecule has 0 N–H and O–H groups in total. The number of hydrogen-bond donors (Lipinski definition) is 0. The number of hydrogen-bond acceptors (Lipinski definition) is 3. The average molecular weight is 315 g/mol. The van der Waals surface area contributed by atoms with Crippen LogP contribution >= 0.6 is 0 Å². The maximum absolute atomic E-state index is 12.6. The fourth-order valence-electron chi connectivity index (χ4n) is 3.79. The Hall–Kier alpha value is -1.84. The highest BCUT2D eigenvalue weighted by Crippen LogP contribution is 2.60. The van der Waals surface area contributed by atoms with Crippen LogP contribution in [-0.4, -0.2) is 36.8 Å². The smallest absolute Gasteiger partial charge is 0.253 e. The summed E-state index contributed by atoms with van der Waals surface area (Å²) in [7, 11) is 1.62. The van der Waals surface area contributed by atoms with Gasteiger partial charge in [0.2, 0.25) is 0 Å². The number of benzene rings is 1. The van der Waals surface area contributed by atoms with Gasteiger partial charge in [-0.1, -0.05) is 13.3 Å². The van der Waals surface area contributed by atoms with Crippen molar-refractivity contribution in [3.63, 3.8) is 0 Å². The van der Waals surface area contributed by atoms with E-state index in [1.807, 2.05) is 29.2 Å². The average Bonchev–Trinajstić information content (AvgIpc) is 3.11. The van der Waals surface area contributed by atoms with Gasteiger partial charge in [-0.15, -0.1) is 0 Å². The topological polar surface area (TPSA) is 46.6 Å². The number of methoxy groups -OCH3 is 1. The highest BCUT2D eigenvalue weighted by molar-refractivity contribution is 5.95. The van der Waals surface area contributed by atoms with Gasteiger partial charge in [-0.05, 0) is 48.4 Å². The molecular weight excluding hydrogens is 290 g/mol. The lowest BCUT2D eigenvalue weighted by molar-refractivity contribution is -0.120. The molecule has 4 heteroatoms. The van der Waals surface area contributed by atoms with Crippen molar-refractivity contribution in [3.8, 4) is 5.75 Å². The maximum Gasteiger partial charge on any atom is 0.253 e. The van der Waals surface area contributed by atoms with Crippen molar-refractivity contribution in [2.24, 2.45) is 11.3 Å². The summed E-state index contributed by atoms with van der Waals surface area (Å²) in [6.07, 6.45) is 4.50. The molecule has 2 atom stereocenters. The second kappa shape index (κ2) is 6.34. The summed E-state index contributed by atoms with van der Waals surface area (Å²) in [6.45, 7) is 3.64. The van der Waals surface area contributed by atoms with E-state index in [9.17, 15) is 9.59 Å². The quantitative estimate of drug-likeness (QED) is 0.775. The first-order chi connectivity index (χ1) is 11.1. The molecule has 2 aliphatic rings. The lowest BCUT2D eigenvalue weighted by atomic mass is 9.96. The van der Waals surface area contributed by atoms with Crippen molar-refractivity contribution in [1.29, 1.82) is 0 Å². The lowest BCUT2D eigenvalue weighted by Gasteiger charge is -2.21. The molecule has 1 saturated heterocycles. The Balaban J connectivity index is 1.59. The van der Waals surface area contributed by atoms with Crippen molar-refractivity contribution in [2.75, 3.05) is 20.2 Å². The molecule has 3 rings (SSSR count). The van der Waals surface area contributed by atoms with Gasteiger partial charge in [0.25, 0.3) is 5.91 Å².